The Kier molecular flexibility index (Phi) is 3.26. The number of thiophene rings is 1. The lowest BCUT2D eigenvalue weighted by atomic mass is 10.3. The van der Waals surface area contributed by atoms with E-state index in [0.717, 1.165) is 15.3 Å². The summed E-state index contributed by atoms with van der Waals surface area (Å²) in [4.78, 5) is 20.9. The van der Waals surface area contributed by atoms with Crippen molar-refractivity contribution >= 4 is 43.9 Å². The second-order valence-corrected chi connectivity index (χ2v) is 5.98. The van der Waals surface area contributed by atoms with Crippen molar-refractivity contribution in [1.29, 1.82) is 0 Å². The molecule has 0 bridgehead atoms. The van der Waals surface area contributed by atoms with E-state index in [9.17, 15) is 4.79 Å². The van der Waals surface area contributed by atoms with Crippen molar-refractivity contribution in [2.24, 2.45) is 0 Å². The minimum absolute atomic E-state index is 0.0154. The van der Waals surface area contributed by atoms with Crippen LogP contribution >= 0.6 is 22.7 Å². The molecular weight excluding hydrogens is 282 g/mol. The molecule has 100 valence electrons. The SMILES string of the molecule is CCN(CCO)C(=O)c1cc2c(nc3sccn32)s1. The van der Waals surface area contributed by atoms with Gasteiger partial charge in [-0.3, -0.25) is 9.20 Å². The van der Waals surface area contributed by atoms with Crippen molar-refractivity contribution < 1.29 is 9.90 Å². The highest BCUT2D eigenvalue weighted by atomic mass is 32.1. The highest BCUT2D eigenvalue weighted by Crippen LogP contribution is 2.28. The van der Waals surface area contributed by atoms with Crippen LogP contribution in [0, 0.1) is 0 Å². The number of amides is 1. The van der Waals surface area contributed by atoms with Crippen LogP contribution in [0.1, 0.15) is 16.6 Å². The molecule has 0 saturated carbocycles. The number of nitrogens with zero attached hydrogens (tertiary/aromatic N) is 3. The lowest BCUT2D eigenvalue weighted by molar-refractivity contribution is 0.0737. The first-order chi connectivity index (χ1) is 9.24. The molecule has 0 aliphatic heterocycles. The Morgan fingerprint density at radius 3 is 3.16 bits per heavy atom. The van der Waals surface area contributed by atoms with Crippen molar-refractivity contribution in [1.82, 2.24) is 14.3 Å². The van der Waals surface area contributed by atoms with Gasteiger partial charge in [0.25, 0.3) is 5.91 Å². The maximum Gasteiger partial charge on any atom is 0.264 e. The highest BCUT2D eigenvalue weighted by molar-refractivity contribution is 7.21. The van der Waals surface area contributed by atoms with E-state index in [1.54, 1.807) is 16.2 Å². The van der Waals surface area contributed by atoms with E-state index in [4.69, 9.17) is 5.11 Å². The number of aromatic nitrogens is 2. The first kappa shape index (κ1) is 12.6. The molecule has 0 aliphatic rings. The molecule has 0 atom stereocenters. The molecule has 0 fully saturated rings. The Morgan fingerprint density at radius 2 is 2.42 bits per heavy atom. The predicted octanol–water partition coefficient (Wildman–Crippen LogP) is 2.06. The zero-order valence-electron chi connectivity index (χ0n) is 10.4. The fourth-order valence-electron chi connectivity index (χ4n) is 2.03. The Balaban J connectivity index is 2.00. The van der Waals surface area contributed by atoms with E-state index in [1.165, 1.54) is 11.3 Å². The molecule has 0 spiro atoms. The summed E-state index contributed by atoms with van der Waals surface area (Å²) in [6.07, 6.45) is 1.96. The van der Waals surface area contributed by atoms with Crippen molar-refractivity contribution in [2.45, 2.75) is 6.92 Å². The molecule has 1 amide bonds. The average Bonchev–Trinajstić information content (AvgIpc) is 3.05. The molecule has 0 aromatic carbocycles. The standard InChI is InChI=1S/C12H13N3O2S2/c1-2-14(3-5-16)11(17)9-7-8-10(19-9)13-12-15(8)4-6-18-12/h4,6-7,16H,2-3,5H2,1H3. The lowest BCUT2D eigenvalue weighted by Crippen LogP contribution is -2.32. The third-order valence-corrected chi connectivity index (χ3v) is 4.75. The number of aliphatic hydroxyl groups excluding tert-OH is 1. The average molecular weight is 295 g/mol. The smallest absolute Gasteiger partial charge is 0.264 e. The molecule has 1 N–H and O–H groups in total. The van der Waals surface area contributed by atoms with Crippen LogP contribution in [0.15, 0.2) is 17.6 Å². The van der Waals surface area contributed by atoms with Crippen LogP contribution < -0.4 is 0 Å². The van der Waals surface area contributed by atoms with Gasteiger partial charge in [-0.1, -0.05) is 0 Å². The van der Waals surface area contributed by atoms with Crippen LogP contribution in [-0.2, 0) is 0 Å². The molecule has 0 aliphatic carbocycles. The van der Waals surface area contributed by atoms with E-state index in [1.807, 2.05) is 29.0 Å². The van der Waals surface area contributed by atoms with Gasteiger partial charge in [0.05, 0.1) is 17.0 Å². The van der Waals surface area contributed by atoms with Gasteiger partial charge in [0, 0.05) is 24.7 Å². The van der Waals surface area contributed by atoms with Gasteiger partial charge in [-0.2, -0.15) is 0 Å². The number of carbonyl (C=O) groups is 1. The number of fused-ring (bicyclic) bond motifs is 3. The fraction of sp³-hybridized carbons (Fsp3) is 0.333. The van der Waals surface area contributed by atoms with E-state index < -0.39 is 0 Å². The molecular formula is C12H13N3O2S2. The summed E-state index contributed by atoms with van der Waals surface area (Å²) >= 11 is 2.99. The number of hydrogen-bond donors (Lipinski definition) is 1. The van der Waals surface area contributed by atoms with Gasteiger partial charge in [-0.25, -0.2) is 4.98 Å². The summed E-state index contributed by atoms with van der Waals surface area (Å²) in [5.74, 6) is -0.0384. The van der Waals surface area contributed by atoms with Crippen LogP contribution in [0.5, 0.6) is 0 Å². The number of imidazole rings is 1. The van der Waals surface area contributed by atoms with Gasteiger partial charge in [0.15, 0.2) is 4.96 Å². The summed E-state index contributed by atoms with van der Waals surface area (Å²) in [6.45, 7) is 2.85. The normalized spacial score (nSPS) is 11.5. The van der Waals surface area contributed by atoms with E-state index >= 15 is 0 Å². The first-order valence-electron chi connectivity index (χ1n) is 5.99. The van der Waals surface area contributed by atoms with Gasteiger partial charge < -0.3 is 10.0 Å². The predicted molar refractivity (Wildman–Crippen MR) is 77.1 cm³/mol. The van der Waals surface area contributed by atoms with E-state index in [2.05, 4.69) is 4.98 Å². The minimum atomic E-state index is -0.0384. The van der Waals surface area contributed by atoms with Crippen LogP contribution in [0.3, 0.4) is 0 Å². The second-order valence-electron chi connectivity index (χ2n) is 4.08. The van der Waals surface area contributed by atoms with Crippen molar-refractivity contribution in [3.8, 4) is 0 Å². The van der Waals surface area contributed by atoms with Gasteiger partial charge in [0.1, 0.15) is 4.83 Å². The molecule has 3 aromatic heterocycles. The minimum Gasteiger partial charge on any atom is -0.395 e. The molecule has 3 aromatic rings. The molecule has 0 unspecified atom stereocenters. The number of carbonyl (C=O) groups excluding carboxylic acids is 1. The monoisotopic (exact) mass is 295 g/mol. The number of rotatable bonds is 4. The Bertz CT molecular complexity index is 728. The molecule has 7 heteroatoms. The maximum atomic E-state index is 12.3. The molecule has 0 radical (unpaired) electrons. The molecule has 19 heavy (non-hydrogen) atoms. The van der Waals surface area contributed by atoms with Crippen LogP contribution in [0.2, 0.25) is 0 Å². The first-order valence-corrected chi connectivity index (χ1v) is 7.69. The summed E-state index contributed by atoms with van der Waals surface area (Å²) in [7, 11) is 0. The summed E-state index contributed by atoms with van der Waals surface area (Å²) in [6, 6.07) is 1.88. The Morgan fingerprint density at radius 1 is 1.58 bits per heavy atom. The Hall–Kier alpha value is -1.44. The fourth-order valence-corrected chi connectivity index (χ4v) is 3.80. The van der Waals surface area contributed by atoms with Crippen LogP contribution in [0.4, 0.5) is 0 Å². The zero-order chi connectivity index (χ0) is 13.4. The van der Waals surface area contributed by atoms with E-state index in [-0.39, 0.29) is 12.5 Å². The molecule has 0 saturated heterocycles. The number of likely N-dealkylation sites (N-methyl/N-ethyl adjacent to an activating group) is 1. The molecule has 5 nitrogen and oxygen atoms in total. The Labute approximate surface area is 117 Å². The van der Waals surface area contributed by atoms with Crippen molar-refractivity contribution in [3.05, 3.63) is 22.5 Å². The molecule has 3 rings (SSSR count). The van der Waals surface area contributed by atoms with Crippen LogP contribution in [0.25, 0.3) is 15.3 Å². The second kappa shape index (κ2) is 4.92. The van der Waals surface area contributed by atoms with Crippen molar-refractivity contribution in [3.63, 3.8) is 0 Å². The number of thiazole rings is 1. The van der Waals surface area contributed by atoms with Gasteiger partial charge >= 0.3 is 0 Å². The summed E-state index contributed by atoms with van der Waals surface area (Å²) in [5, 5.41) is 10.9. The summed E-state index contributed by atoms with van der Waals surface area (Å²) < 4.78 is 2.00. The lowest BCUT2D eigenvalue weighted by Gasteiger charge is -2.18. The quantitative estimate of drug-likeness (QED) is 0.801. The largest absolute Gasteiger partial charge is 0.395 e. The van der Waals surface area contributed by atoms with Crippen molar-refractivity contribution in [2.75, 3.05) is 19.7 Å². The number of hydrogen-bond acceptors (Lipinski definition) is 5. The van der Waals surface area contributed by atoms with Gasteiger partial charge in [-0.05, 0) is 13.0 Å². The summed E-state index contributed by atoms with van der Waals surface area (Å²) in [5.41, 5.74) is 0.977. The molecule has 3 heterocycles. The maximum absolute atomic E-state index is 12.3. The van der Waals surface area contributed by atoms with Gasteiger partial charge in [0.2, 0.25) is 0 Å². The third-order valence-electron chi connectivity index (χ3n) is 2.99. The third kappa shape index (κ3) is 2.03. The van der Waals surface area contributed by atoms with Gasteiger partial charge in [-0.15, -0.1) is 22.7 Å². The topological polar surface area (TPSA) is 57.8 Å². The highest BCUT2D eigenvalue weighted by Gasteiger charge is 2.19. The zero-order valence-corrected chi connectivity index (χ0v) is 12.0. The van der Waals surface area contributed by atoms with Crippen LogP contribution in [-0.4, -0.2) is 45.0 Å². The van der Waals surface area contributed by atoms with E-state index in [0.29, 0.717) is 18.0 Å². The number of aliphatic hydroxyl groups is 1.